The Labute approximate surface area is 241 Å². The Morgan fingerprint density at radius 1 is 1.17 bits per heavy atom. The summed E-state index contributed by atoms with van der Waals surface area (Å²) >= 11 is 0.985. The van der Waals surface area contributed by atoms with Crippen LogP contribution in [0.2, 0.25) is 0 Å². The number of benzene rings is 2. The average Bonchev–Trinajstić information content (AvgIpc) is 2.92. The third-order valence-electron chi connectivity index (χ3n) is 7.88. The molecule has 41 heavy (non-hydrogen) atoms. The molecule has 3 aromatic rings. The lowest BCUT2D eigenvalue weighted by Gasteiger charge is -2.41. The molecule has 4 rings (SSSR count). The van der Waals surface area contributed by atoms with E-state index in [0.29, 0.717) is 84.7 Å². The molecule has 1 saturated heterocycles. The summed E-state index contributed by atoms with van der Waals surface area (Å²) in [6.45, 7) is 1.72. The fourth-order valence-corrected chi connectivity index (χ4v) is 6.55. The van der Waals surface area contributed by atoms with Crippen LogP contribution in [0.1, 0.15) is 43.8 Å². The summed E-state index contributed by atoms with van der Waals surface area (Å²) in [6.07, 6.45) is 1.96. The summed E-state index contributed by atoms with van der Waals surface area (Å²) in [7, 11) is 5.22. The zero-order valence-electron chi connectivity index (χ0n) is 23.4. The van der Waals surface area contributed by atoms with E-state index in [9.17, 15) is 23.1 Å². The van der Waals surface area contributed by atoms with Crippen molar-refractivity contribution < 1.29 is 32.2 Å². The number of fused-ring (bicyclic) bond motifs is 1. The van der Waals surface area contributed by atoms with Crippen molar-refractivity contribution in [2.75, 3.05) is 51.5 Å². The summed E-state index contributed by atoms with van der Waals surface area (Å²) in [5.74, 6) is -2.73. The summed E-state index contributed by atoms with van der Waals surface area (Å²) in [5.41, 5.74) is 1.26. The first-order chi connectivity index (χ1) is 19.5. The van der Waals surface area contributed by atoms with Crippen LogP contribution in [0.25, 0.3) is 10.9 Å². The van der Waals surface area contributed by atoms with Crippen LogP contribution >= 0.6 is 11.8 Å². The number of anilines is 1. The van der Waals surface area contributed by atoms with Crippen LogP contribution in [-0.4, -0.2) is 67.6 Å². The van der Waals surface area contributed by atoms with Crippen LogP contribution in [-0.2, 0) is 4.79 Å². The van der Waals surface area contributed by atoms with E-state index in [0.717, 1.165) is 11.8 Å². The van der Waals surface area contributed by atoms with Gasteiger partial charge in [-0.25, -0.2) is 17.6 Å². The van der Waals surface area contributed by atoms with Gasteiger partial charge < -0.3 is 19.6 Å². The maximum Gasteiger partial charge on any atom is 0.303 e. The van der Waals surface area contributed by atoms with Crippen molar-refractivity contribution in [2.45, 2.75) is 43.2 Å². The van der Waals surface area contributed by atoms with Gasteiger partial charge in [-0.2, -0.15) is 0 Å². The highest BCUT2D eigenvalue weighted by Crippen LogP contribution is 2.44. The van der Waals surface area contributed by atoms with Gasteiger partial charge in [0.15, 0.2) is 0 Å². The van der Waals surface area contributed by atoms with Gasteiger partial charge in [0.2, 0.25) is 0 Å². The van der Waals surface area contributed by atoms with Gasteiger partial charge in [-0.3, -0.25) is 9.78 Å². The van der Waals surface area contributed by atoms with Crippen molar-refractivity contribution in [1.29, 1.82) is 0 Å². The minimum absolute atomic E-state index is 0.0558. The van der Waals surface area contributed by atoms with Gasteiger partial charge in [-0.15, -0.1) is 11.8 Å². The van der Waals surface area contributed by atoms with Crippen molar-refractivity contribution >= 4 is 34.3 Å². The van der Waals surface area contributed by atoms with Gasteiger partial charge in [-0.1, -0.05) is 0 Å². The van der Waals surface area contributed by atoms with E-state index >= 15 is 4.39 Å². The number of piperidine rings is 1. The number of pyridine rings is 1. The van der Waals surface area contributed by atoms with Crippen LogP contribution in [0, 0.1) is 22.9 Å². The second kappa shape index (κ2) is 13.3. The Morgan fingerprint density at radius 3 is 2.46 bits per heavy atom. The summed E-state index contributed by atoms with van der Waals surface area (Å²) in [6, 6.07) is 6.68. The number of likely N-dealkylation sites (tertiary alicyclic amines) is 1. The largest absolute Gasteiger partial charge is 0.497 e. The first kappa shape index (κ1) is 30.9. The molecule has 1 fully saturated rings. The smallest absolute Gasteiger partial charge is 0.303 e. The molecule has 1 N–H and O–H groups in total. The molecule has 2 aromatic carbocycles. The number of aliphatic carboxylic acids is 1. The summed E-state index contributed by atoms with van der Waals surface area (Å²) in [5, 5.41) is 10.4. The molecule has 0 bridgehead atoms. The van der Waals surface area contributed by atoms with E-state index in [1.54, 1.807) is 31.5 Å². The van der Waals surface area contributed by atoms with Crippen molar-refractivity contribution in [3.8, 4) is 5.75 Å². The van der Waals surface area contributed by atoms with Crippen molar-refractivity contribution in [1.82, 2.24) is 9.88 Å². The Morgan fingerprint density at radius 2 is 1.85 bits per heavy atom. The molecule has 1 atom stereocenters. The predicted octanol–water partition coefficient (Wildman–Crippen LogP) is 6.87. The number of methoxy groups -OCH3 is 1. The molecule has 0 amide bonds. The molecule has 1 aromatic heterocycles. The van der Waals surface area contributed by atoms with Gasteiger partial charge in [0, 0.05) is 49.5 Å². The molecule has 0 aliphatic carbocycles. The number of carboxylic acids is 1. The molecular weight excluding hydrogens is 558 g/mol. The number of aromatic nitrogens is 1. The molecule has 0 saturated carbocycles. The third-order valence-corrected chi connectivity index (χ3v) is 8.94. The molecule has 0 unspecified atom stereocenters. The molecule has 222 valence electrons. The molecule has 1 aliphatic rings. The maximum atomic E-state index is 16.1. The average molecular weight is 594 g/mol. The van der Waals surface area contributed by atoms with Crippen molar-refractivity contribution in [3.63, 3.8) is 0 Å². The number of rotatable bonds is 12. The topological polar surface area (TPSA) is 65.9 Å². The van der Waals surface area contributed by atoms with E-state index in [-0.39, 0.29) is 17.7 Å². The normalized spacial score (nSPS) is 16.1. The third kappa shape index (κ3) is 7.43. The Hall–Kier alpha value is -3.05. The van der Waals surface area contributed by atoms with Crippen LogP contribution in [0.3, 0.4) is 0 Å². The minimum atomic E-state index is -1.34. The van der Waals surface area contributed by atoms with Gasteiger partial charge in [0.05, 0.1) is 35.8 Å². The summed E-state index contributed by atoms with van der Waals surface area (Å²) in [4.78, 5) is 20.0. The van der Waals surface area contributed by atoms with Crippen LogP contribution < -0.4 is 9.64 Å². The molecule has 6 nitrogen and oxygen atoms in total. The van der Waals surface area contributed by atoms with Gasteiger partial charge in [0.25, 0.3) is 0 Å². The zero-order chi connectivity index (χ0) is 29.7. The minimum Gasteiger partial charge on any atom is -0.497 e. The number of ether oxygens (including phenoxy) is 1. The Bertz CT molecular complexity index is 1360. The van der Waals surface area contributed by atoms with E-state index in [2.05, 4.69) is 9.88 Å². The fourth-order valence-electron chi connectivity index (χ4n) is 5.60. The first-order valence-electron chi connectivity index (χ1n) is 13.5. The van der Waals surface area contributed by atoms with Crippen LogP contribution in [0.15, 0.2) is 41.4 Å². The lowest BCUT2D eigenvalue weighted by atomic mass is 9.71. The molecule has 0 spiro atoms. The van der Waals surface area contributed by atoms with Gasteiger partial charge in [-0.05, 0) is 62.4 Å². The van der Waals surface area contributed by atoms with E-state index in [1.165, 1.54) is 0 Å². The Kier molecular flexibility index (Phi) is 10.0. The van der Waals surface area contributed by atoms with Gasteiger partial charge in [0.1, 0.15) is 29.4 Å². The standard InChI is InChI=1S/C30H35F4N3O3S/c1-36(2)26-18-35-25-5-4-20(40-3)16-21(25)28(26)22(32)6-7-30(17-27(38)39)8-10-37(11-9-30)12-13-41-29-23(33)14-19(31)15-24(29)34/h4-5,14-16,18,22H,6-13,17H2,1-3H3,(H,38,39)/t22-/m0/s1. The maximum absolute atomic E-state index is 16.1. The lowest BCUT2D eigenvalue weighted by molar-refractivity contribution is -0.141. The zero-order valence-corrected chi connectivity index (χ0v) is 24.2. The molecule has 11 heteroatoms. The fraction of sp³-hybridized carbons (Fsp3) is 0.467. The number of hydrogen-bond acceptors (Lipinski definition) is 6. The molecule has 1 aliphatic heterocycles. The second-order valence-electron chi connectivity index (χ2n) is 10.8. The number of thioether (sulfide) groups is 1. The first-order valence-corrected chi connectivity index (χ1v) is 14.5. The number of carbonyl (C=O) groups is 1. The van der Waals surface area contributed by atoms with Crippen LogP contribution in [0.4, 0.5) is 23.2 Å². The predicted molar refractivity (Wildman–Crippen MR) is 153 cm³/mol. The van der Waals surface area contributed by atoms with Crippen LogP contribution in [0.5, 0.6) is 5.75 Å². The van der Waals surface area contributed by atoms with E-state index in [4.69, 9.17) is 4.74 Å². The van der Waals surface area contributed by atoms with E-state index < -0.39 is 35.0 Å². The quantitative estimate of drug-likeness (QED) is 0.182. The molecule has 2 heterocycles. The highest BCUT2D eigenvalue weighted by atomic mass is 32.2. The highest BCUT2D eigenvalue weighted by Gasteiger charge is 2.37. The molecule has 0 radical (unpaired) electrons. The number of alkyl halides is 1. The van der Waals surface area contributed by atoms with E-state index in [1.807, 2.05) is 19.0 Å². The highest BCUT2D eigenvalue weighted by molar-refractivity contribution is 7.99. The Balaban J connectivity index is 1.43. The van der Waals surface area contributed by atoms with Crippen molar-refractivity contribution in [2.24, 2.45) is 5.41 Å². The van der Waals surface area contributed by atoms with Crippen molar-refractivity contribution in [3.05, 3.63) is 59.5 Å². The lowest BCUT2D eigenvalue weighted by Crippen LogP contribution is -2.42. The number of halogens is 4. The summed E-state index contributed by atoms with van der Waals surface area (Å²) < 4.78 is 62.6. The number of carboxylic acid groups (broad SMARTS) is 1. The second-order valence-corrected chi connectivity index (χ2v) is 11.9. The monoisotopic (exact) mass is 593 g/mol. The number of nitrogens with zero attached hydrogens (tertiary/aromatic N) is 3. The molecular formula is C30H35F4N3O3S. The number of hydrogen-bond donors (Lipinski definition) is 1. The van der Waals surface area contributed by atoms with Gasteiger partial charge >= 0.3 is 5.97 Å². The SMILES string of the molecule is COc1ccc2ncc(N(C)C)c([C@@H](F)CCC3(CC(=O)O)CCN(CCSc4c(F)cc(F)cc4F)CC3)c2c1.